The highest BCUT2D eigenvalue weighted by atomic mass is 16.5. The lowest BCUT2D eigenvalue weighted by atomic mass is 9.99. The van der Waals surface area contributed by atoms with Gasteiger partial charge in [0.05, 0.1) is 12.2 Å². The summed E-state index contributed by atoms with van der Waals surface area (Å²) in [5.74, 6) is 2.24. The largest absolute Gasteiger partial charge is 0.361 e. The van der Waals surface area contributed by atoms with E-state index in [2.05, 4.69) is 15.6 Å². The Bertz CT molecular complexity index is 855. The fourth-order valence-electron chi connectivity index (χ4n) is 3.58. The molecule has 4 rings (SSSR count). The number of aromatic nitrogens is 4. The second-order valence-corrected chi connectivity index (χ2v) is 7.52. The normalized spacial score (nSPS) is 19.8. The van der Waals surface area contributed by atoms with Crippen LogP contribution in [0.25, 0.3) is 0 Å². The average molecular weight is 359 g/mol. The van der Waals surface area contributed by atoms with Crippen LogP contribution < -0.4 is 11.0 Å². The third-order valence-corrected chi connectivity index (χ3v) is 5.54. The van der Waals surface area contributed by atoms with Gasteiger partial charge in [-0.05, 0) is 45.4 Å². The van der Waals surface area contributed by atoms with Crippen molar-refractivity contribution < 1.29 is 9.32 Å². The molecule has 2 aromatic heterocycles. The van der Waals surface area contributed by atoms with E-state index in [1.807, 2.05) is 13.8 Å². The lowest BCUT2D eigenvalue weighted by molar-refractivity contribution is -0.125. The monoisotopic (exact) mass is 359 g/mol. The number of amides is 1. The van der Waals surface area contributed by atoms with Crippen molar-refractivity contribution >= 4 is 5.91 Å². The van der Waals surface area contributed by atoms with Gasteiger partial charge in [0.15, 0.2) is 0 Å². The lowest BCUT2D eigenvalue weighted by Crippen LogP contribution is -2.33. The summed E-state index contributed by atoms with van der Waals surface area (Å²) in [4.78, 5) is 25.1. The molecule has 1 N–H and O–H groups in total. The van der Waals surface area contributed by atoms with Crippen LogP contribution in [-0.2, 0) is 24.3 Å². The molecule has 2 aromatic rings. The van der Waals surface area contributed by atoms with E-state index < -0.39 is 0 Å². The smallest absolute Gasteiger partial charge is 0.346 e. The van der Waals surface area contributed by atoms with Crippen LogP contribution in [0, 0.1) is 25.7 Å². The van der Waals surface area contributed by atoms with Crippen LogP contribution in [0.2, 0.25) is 0 Å². The summed E-state index contributed by atoms with van der Waals surface area (Å²) >= 11 is 0. The second-order valence-electron chi connectivity index (χ2n) is 7.52. The number of hydrogen-bond acceptors (Lipinski definition) is 5. The van der Waals surface area contributed by atoms with Gasteiger partial charge in [-0.3, -0.25) is 9.36 Å². The lowest BCUT2D eigenvalue weighted by Gasteiger charge is -2.13. The van der Waals surface area contributed by atoms with Gasteiger partial charge < -0.3 is 9.84 Å². The zero-order valence-corrected chi connectivity index (χ0v) is 15.3. The summed E-state index contributed by atoms with van der Waals surface area (Å²) in [6, 6.07) is 0. The Hall–Kier alpha value is -2.38. The van der Waals surface area contributed by atoms with Crippen molar-refractivity contribution in [2.45, 2.75) is 59.0 Å². The molecule has 1 aliphatic carbocycles. The highest BCUT2D eigenvalue weighted by Gasteiger charge is 2.27. The summed E-state index contributed by atoms with van der Waals surface area (Å²) in [5, 5.41) is 11.5. The molecule has 0 bridgehead atoms. The topological polar surface area (TPSA) is 94.9 Å². The van der Waals surface area contributed by atoms with Gasteiger partial charge in [-0.25, -0.2) is 9.48 Å². The van der Waals surface area contributed by atoms with Gasteiger partial charge in [0.1, 0.15) is 11.6 Å². The minimum absolute atomic E-state index is 0.0362. The summed E-state index contributed by atoms with van der Waals surface area (Å²) in [6.07, 6.45) is 4.51. The molecule has 0 aromatic carbocycles. The van der Waals surface area contributed by atoms with E-state index in [0.717, 1.165) is 30.0 Å². The Balaban J connectivity index is 1.45. The van der Waals surface area contributed by atoms with Gasteiger partial charge in [-0.1, -0.05) is 5.16 Å². The predicted octanol–water partition coefficient (Wildman–Crippen LogP) is 1.18. The van der Waals surface area contributed by atoms with Crippen LogP contribution in [0.4, 0.5) is 0 Å². The molecule has 0 radical (unpaired) electrons. The molecule has 8 nitrogen and oxygen atoms in total. The van der Waals surface area contributed by atoms with Crippen molar-refractivity contribution in [1.29, 1.82) is 0 Å². The Labute approximate surface area is 151 Å². The molecule has 3 heterocycles. The number of rotatable bonds is 5. The summed E-state index contributed by atoms with van der Waals surface area (Å²) in [5.41, 5.74) is 1.56. The molecule has 8 heteroatoms. The predicted molar refractivity (Wildman–Crippen MR) is 93.7 cm³/mol. The highest BCUT2D eigenvalue weighted by molar-refractivity contribution is 5.78. The molecule has 0 saturated heterocycles. The van der Waals surface area contributed by atoms with E-state index >= 15 is 0 Å². The van der Waals surface area contributed by atoms with Gasteiger partial charge in [0.2, 0.25) is 5.91 Å². The molecule has 1 saturated carbocycles. The fourth-order valence-corrected chi connectivity index (χ4v) is 3.58. The van der Waals surface area contributed by atoms with Gasteiger partial charge in [0.25, 0.3) is 0 Å². The molecule has 1 atom stereocenters. The first-order chi connectivity index (χ1) is 12.5. The van der Waals surface area contributed by atoms with Crippen molar-refractivity contribution in [1.82, 2.24) is 24.8 Å². The number of carbonyl (C=O) groups is 1. The van der Waals surface area contributed by atoms with Crippen molar-refractivity contribution in [2.75, 3.05) is 6.54 Å². The molecule has 2 aliphatic rings. The highest BCUT2D eigenvalue weighted by Crippen LogP contribution is 2.28. The number of nitrogens with one attached hydrogen (secondary N) is 1. The van der Waals surface area contributed by atoms with Crippen LogP contribution in [0.15, 0.2) is 9.32 Å². The standard InChI is InChI=1S/C18H25N5O3/c1-11-15(12(2)26-21-11)10-23-18(25)22-8-7-14(5-6-16(22)20-23)17(24)19-9-13-3-4-13/h13-14H,3-10H2,1-2H3,(H,19,24). The van der Waals surface area contributed by atoms with Crippen LogP contribution in [0.3, 0.4) is 0 Å². The van der Waals surface area contributed by atoms with Gasteiger partial charge in [-0.2, -0.15) is 5.10 Å². The van der Waals surface area contributed by atoms with E-state index in [1.54, 1.807) is 4.57 Å². The molecule has 1 aliphatic heterocycles. The molecule has 26 heavy (non-hydrogen) atoms. The number of hydrogen-bond donors (Lipinski definition) is 1. The zero-order chi connectivity index (χ0) is 18.3. The van der Waals surface area contributed by atoms with Crippen LogP contribution in [0.5, 0.6) is 0 Å². The minimum atomic E-state index is -0.126. The first-order valence-electron chi connectivity index (χ1n) is 9.39. The van der Waals surface area contributed by atoms with Crippen LogP contribution in [-0.4, -0.2) is 32.0 Å². The number of nitrogens with zero attached hydrogens (tertiary/aromatic N) is 4. The molecule has 140 valence electrons. The minimum Gasteiger partial charge on any atom is -0.361 e. The Kier molecular flexibility index (Phi) is 4.42. The maximum Gasteiger partial charge on any atom is 0.346 e. The summed E-state index contributed by atoms with van der Waals surface area (Å²) < 4.78 is 8.37. The molecule has 1 fully saturated rings. The molecular formula is C18H25N5O3. The molecule has 0 spiro atoms. The van der Waals surface area contributed by atoms with E-state index in [-0.39, 0.29) is 17.5 Å². The van der Waals surface area contributed by atoms with Crippen molar-refractivity contribution in [3.63, 3.8) is 0 Å². The Morgan fingerprint density at radius 3 is 2.77 bits per heavy atom. The van der Waals surface area contributed by atoms with E-state index in [9.17, 15) is 9.59 Å². The van der Waals surface area contributed by atoms with Crippen molar-refractivity contribution in [3.05, 3.63) is 33.3 Å². The fraction of sp³-hybridized carbons (Fsp3) is 0.667. The molecular weight excluding hydrogens is 334 g/mol. The maximum absolute atomic E-state index is 12.7. The Morgan fingerprint density at radius 2 is 2.08 bits per heavy atom. The van der Waals surface area contributed by atoms with E-state index in [0.29, 0.717) is 37.6 Å². The number of fused-ring (bicyclic) bond motifs is 1. The third-order valence-electron chi connectivity index (χ3n) is 5.54. The van der Waals surface area contributed by atoms with E-state index in [4.69, 9.17) is 4.52 Å². The summed E-state index contributed by atoms with van der Waals surface area (Å²) in [7, 11) is 0. The van der Waals surface area contributed by atoms with Crippen molar-refractivity contribution in [2.24, 2.45) is 11.8 Å². The van der Waals surface area contributed by atoms with Gasteiger partial charge in [-0.15, -0.1) is 0 Å². The SMILES string of the molecule is Cc1noc(C)c1Cn1nc2n(c1=O)CCC(C(=O)NCC1CC1)CC2. The third kappa shape index (κ3) is 3.32. The number of aryl methyl sites for hydroxylation is 3. The first kappa shape index (κ1) is 17.1. The first-order valence-corrected chi connectivity index (χ1v) is 9.39. The zero-order valence-electron chi connectivity index (χ0n) is 15.3. The second kappa shape index (κ2) is 6.74. The molecule has 1 unspecified atom stereocenters. The van der Waals surface area contributed by atoms with E-state index in [1.165, 1.54) is 17.5 Å². The average Bonchev–Trinajstić information content (AvgIpc) is 3.38. The van der Waals surface area contributed by atoms with Gasteiger partial charge >= 0.3 is 5.69 Å². The summed E-state index contributed by atoms with van der Waals surface area (Å²) in [6.45, 7) is 5.40. The Morgan fingerprint density at radius 1 is 1.27 bits per heavy atom. The molecule has 1 amide bonds. The van der Waals surface area contributed by atoms with Crippen LogP contribution >= 0.6 is 0 Å². The van der Waals surface area contributed by atoms with Crippen LogP contribution in [0.1, 0.15) is 48.5 Å². The van der Waals surface area contributed by atoms with Gasteiger partial charge in [0, 0.05) is 31.0 Å². The number of carbonyl (C=O) groups excluding carboxylic acids is 1. The van der Waals surface area contributed by atoms with Crippen molar-refractivity contribution in [3.8, 4) is 0 Å². The quantitative estimate of drug-likeness (QED) is 0.865. The maximum atomic E-state index is 12.7.